The Balaban J connectivity index is 1.89. The second kappa shape index (κ2) is 6.20. The molecule has 1 N–H and O–H groups in total. The molecule has 6 nitrogen and oxygen atoms in total. The molecule has 22 heavy (non-hydrogen) atoms. The second-order valence-corrected chi connectivity index (χ2v) is 6.66. The van der Waals surface area contributed by atoms with Crippen molar-refractivity contribution in [3.05, 3.63) is 28.4 Å². The molecule has 1 aromatic rings. The molecule has 1 aliphatic heterocycles. The molecule has 6 heteroatoms. The lowest BCUT2D eigenvalue weighted by atomic mass is 9.76. The minimum atomic E-state index is -0.363. The Morgan fingerprint density at radius 3 is 3.00 bits per heavy atom. The molecule has 0 amide bonds. The Morgan fingerprint density at radius 2 is 2.23 bits per heavy atom. The van der Waals surface area contributed by atoms with Crippen LogP contribution in [0.4, 0.5) is 11.5 Å². The summed E-state index contributed by atoms with van der Waals surface area (Å²) in [4.78, 5) is 17.2. The van der Waals surface area contributed by atoms with Crippen LogP contribution in [0.2, 0.25) is 0 Å². The smallest absolute Gasteiger partial charge is 0.311 e. The van der Waals surface area contributed by atoms with Crippen molar-refractivity contribution in [2.24, 2.45) is 11.8 Å². The quantitative estimate of drug-likeness (QED) is 0.686. The predicted octanol–water partition coefficient (Wildman–Crippen LogP) is 2.76. The Labute approximate surface area is 130 Å². The maximum atomic E-state index is 11.3. The first-order valence-corrected chi connectivity index (χ1v) is 8.12. The van der Waals surface area contributed by atoms with Gasteiger partial charge in [-0.15, -0.1) is 0 Å². The molecule has 1 saturated carbocycles. The van der Waals surface area contributed by atoms with Crippen LogP contribution in [0.1, 0.15) is 39.0 Å². The molecule has 0 unspecified atom stereocenters. The number of hydrogen-bond donors (Lipinski definition) is 1. The topological polar surface area (TPSA) is 79.5 Å². The number of hydrogen-bond acceptors (Lipinski definition) is 5. The van der Waals surface area contributed by atoms with E-state index in [1.165, 1.54) is 6.07 Å². The van der Waals surface area contributed by atoms with Gasteiger partial charge in [0.2, 0.25) is 5.82 Å². The molecule has 0 aromatic carbocycles. The number of aromatic nitrogens is 1. The summed E-state index contributed by atoms with van der Waals surface area (Å²) in [5.74, 6) is 1.25. The molecular formula is C16H23N3O3. The van der Waals surface area contributed by atoms with Crippen LogP contribution in [-0.2, 0) is 0 Å². The molecule has 120 valence electrons. The van der Waals surface area contributed by atoms with Crippen LogP contribution < -0.4 is 4.90 Å². The Kier molecular flexibility index (Phi) is 4.29. The van der Waals surface area contributed by atoms with Crippen molar-refractivity contribution in [3.63, 3.8) is 0 Å². The Bertz CT molecular complexity index is 551. The van der Waals surface area contributed by atoms with E-state index in [0.717, 1.165) is 38.6 Å². The van der Waals surface area contributed by atoms with E-state index in [0.29, 0.717) is 11.7 Å². The number of aliphatic hydroxyl groups excluding tert-OH is 1. The highest BCUT2D eigenvalue weighted by Crippen LogP contribution is 2.40. The van der Waals surface area contributed by atoms with Gasteiger partial charge in [0.15, 0.2) is 0 Å². The van der Waals surface area contributed by atoms with Crippen molar-refractivity contribution in [2.45, 2.75) is 51.2 Å². The van der Waals surface area contributed by atoms with Gasteiger partial charge < -0.3 is 10.0 Å². The maximum Gasteiger partial charge on any atom is 0.311 e. The average molecular weight is 305 g/mol. The summed E-state index contributed by atoms with van der Waals surface area (Å²) in [5.41, 5.74) is 0.0627. The molecule has 1 aliphatic carbocycles. The van der Waals surface area contributed by atoms with Crippen LogP contribution in [0.15, 0.2) is 18.3 Å². The SMILES string of the molecule is C[C@@H]1CC[C@H](O)[C@@H]([C@@H]2CCCN2c2ncccc2[N+](=O)[O-])C1. The summed E-state index contributed by atoms with van der Waals surface area (Å²) in [6, 6.07) is 3.27. The van der Waals surface area contributed by atoms with Crippen LogP contribution in [0, 0.1) is 22.0 Å². The van der Waals surface area contributed by atoms with E-state index in [4.69, 9.17) is 0 Å². The van der Waals surface area contributed by atoms with E-state index in [-0.39, 0.29) is 28.7 Å². The highest BCUT2D eigenvalue weighted by molar-refractivity contribution is 5.58. The van der Waals surface area contributed by atoms with Gasteiger partial charge in [0.25, 0.3) is 0 Å². The highest BCUT2D eigenvalue weighted by atomic mass is 16.6. The van der Waals surface area contributed by atoms with Gasteiger partial charge in [-0.3, -0.25) is 10.1 Å². The summed E-state index contributed by atoms with van der Waals surface area (Å²) in [5, 5.41) is 21.7. The summed E-state index contributed by atoms with van der Waals surface area (Å²) in [6.45, 7) is 3.00. The van der Waals surface area contributed by atoms with E-state index in [9.17, 15) is 15.2 Å². The summed E-state index contributed by atoms with van der Waals surface area (Å²) in [6.07, 6.45) is 6.16. The lowest BCUT2D eigenvalue weighted by molar-refractivity contribution is -0.384. The van der Waals surface area contributed by atoms with E-state index in [1.54, 1.807) is 12.3 Å². The molecule has 3 rings (SSSR count). The molecule has 1 aromatic heterocycles. The van der Waals surface area contributed by atoms with Gasteiger partial charge in [-0.1, -0.05) is 6.92 Å². The molecule has 4 atom stereocenters. The Hall–Kier alpha value is -1.69. The van der Waals surface area contributed by atoms with Crippen molar-refractivity contribution < 1.29 is 10.0 Å². The number of pyridine rings is 1. The summed E-state index contributed by atoms with van der Waals surface area (Å²) < 4.78 is 0. The van der Waals surface area contributed by atoms with E-state index < -0.39 is 0 Å². The monoisotopic (exact) mass is 305 g/mol. The van der Waals surface area contributed by atoms with E-state index >= 15 is 0 Å². The molecule has 2 aliphatic rings. The van der Waals surface area contributed by atoms with Gasteiger partial charge in [-0.2, -0.15) is 0 Å². The highest BCUT2D eigenvalue weighted by Gasteiger charge is 2.40. The van der Waals surface area contributed by atoms with Crippen molar-refractivity contribution >= 4 is 11.5 Å². The van der Waals surface area contributed by atoms with Crippen molar-refractivity contribution in [2.75, 3.05) is 11.4 Å². The standard InChI is InChI=1S/C16H23N3O3/c1-11-6-7-15(20)12(10-11)13-5-3-9-18(13)16-14(19(21)22)4-2-8-17-16/h2,4,8,11-13,15,20H,3,5-7,9-10H2,1H3/t11-,12-,13+,15+/m1/s1. The van der Waals surface area contributed by atoms with E-state index in [2.05, 4.69) is 16.8 Å². The average Bonchev–Trinajstić information content (AvgIpc) is 2.98. The van der Waals surface area contributed by atoms with Crippen molar-refractivity contribution in [1.29, 1.82) is 0 Å². The Morgan fingerprint density at radius 1 is 1.41 bits per heavy atom. The number of nitrogens with zero attached hydrogens (tertiary/aromatic N) is 3. The van der Waals surface area contributed by atoms with Crippen LogP contribution in [-0.4, -0.2) is 33.7 Å². The zero-order chi connectivity index (χ0) is 15.7. The maximum absolute atomic E-state index is 11.3. The van der Waals surface area contributed by atoms with Crippen LogP contribution in [0.5, 0.6) is 0 Å². The molecule has 0 spiro atoms. The van der Waals surface area contributed by atoms with Gasteiger partial charge in [0.05, 0.1) is 11.0 Å². The first kappa shape index (κ1) is 15.2. The number of rotatable bonds is 3. The zero-order valence-electron chi connectivity index (χ0n) is 12.9. The van der Waals surface area contributed by atoms with Crippen LogP contribution >= 0.6 is 0 Å². The van der Waals surface area contributed by atoms with Gasteiger partial charge in [-0.25, -0.2) is 4.98 Å². The lowest BCUT2D eigenvalue weighted by Crippen LogP contribution is -2.44. The van der Waals surface area contributed by atoms with Gasteiger partial charge >= 0.3 is 5.69 Å². The number of anilines is 1. The van der Waals surface area contributed by atoms with Gasteiger partial charge in [0, 0.05) is 30.8 Å². The molecule has 1 saturated heterocycles. The third-order valence-corrected chi connectivity index (χ3v) is 5.15. The molecular weight excluding hydrogens is 282 g/mol. The molecule has 2 fully saturated rings. The molecule has 2 heterocycles. The minimum Gasteiger partial charge on any atom is -0.393 e. The van der Waals surface area contributed by atoms with E-state index in [1.807, 2.05) is 0 Å². The summed E-state index contributed by atoms with van der Waals surface area (Å²) >= 11 is 0. The van der Waals surface area contributed by atoms with Gasteiger partial charge in [-0.05, 0) is 44.1 Å². The fourth-order valence-electron chi connectivity index (χ4n) is 4.08. The first-order chi connectivity index (χ1) is 10.6. The van der Waals surface area contributed by atoms with Crippen LogP contribution in [0.3, 0.4) is 0 Å². The van der Waals surface area contributed by atoms with Crippen molar-refractivity contribution in [3.8, 4) is 0 Å². The van der Waals surface area contributed by atoms with Gasteiger partial charge in [0.1, 0.15) is 0 Å². The second-order valence-electron chi connectivity index (χ2n) is 6.66. The summed E-state index contributed by atoms with van der Waals surface area (Å²) in [7, 11) is 0. The fourth-order valence-corrected chi connectivity index (χ4v) is 4.08. The predicted molar refractivity (Wildman–Crippen MR) is 83.8 cm³/mol. The van der Waals surface area contributed by atoms with Crippen LogP contribution in [0.25, 0.3) is 0 Å². The van der Waals surface area contributed by atoms with Crippen molar-refractivity contribution in [1.82, 2.24) is 4.98 Å². The molecule has 0 radical (unpaired) electrons. The number of nitro groups is 1. The fraction of sp³-hybridized carbons (Fsp3) is 0.688. The zero-order valence-corrected chi connectivity index (χ0v) is 12.9. The largest absolute Gasteiger partial charge is 0.393 e. The minimum absolute atomic E-state index is 0.0627. The first-order valence-electron chi connectivity index (χ1n) is 8.12. The lowest BCUT2D eigenvalue weighted by Gasteiger charge is -2.39. The third kappa shape index (κ3) is 2.79. The normalized spacial score (nSPS) is 32.2. The molecule has 0 bridgehead atoms. The third-order valence-electron chi connectivity index (χ3n) is 5.15. The number of aliphatic hydroxyl groups is 1.